The van der Waals surface area contributed by atoms with Gasteiger partial charge in [-0.15, -0.1) is 11.3 Å². The van der Waals surface area contributed by atoms with Crippen LogP contribution in [-0.2, 0) is 18.1 Å². The quantitative estimate of drug-likeness (QED) is 0.769. The first-order valence-corrected chi connectivity index (χ1v) is 7.48. The molecule has 0 fully saturated rings. The summed E-state index contributed by atoms with van der Waals surface area (Å²) in [7, 11) is 0. The highest BCUT2D eigenvalue weighted by Crippen LogP contribution is 2.31. The second-order valence-corrected chi connectivity index (χ2v) is 7.11. The summed E-state index contributed by atoms with van der Waals surface area (Å²) in [5.41, 5.74) is 0.185. The Balaban J connectivity index is 1.99. The molecule has 1 aromatic heterocycles. The zero-order chi connectivity index (χ0) is 15.7. The van der Waals surface area contributed by atoms with E-state index in [2.05, 4.69) is 38.2 Å². The Labute approximate surface area is 126 Å². The third-order valence-corrected chi connectivity index (χ3v) is 4.59. The number of rotatable bonds is 3. The summed E-state index contributed by atoms with van der Waals surface area (Å²) in [4.78, 5) is 2.46. The van der Waals surface area contributed by atoms with Crippen LogP contribution in [0.2, 0.25) is 0 Å². The van der Waals surface area contributed by atoms with Crippen molar-refractivity contribution >= 4 is 17.0 Å². The Bertz CT molecular complexity index is 591. The van der Waals surface area contributed by atoms with Crippen LogP contribution in [0, 0.1) is 0 Å². The molecule has 0 aliphatic carbocycles. The highest BCUT2D eigenvalue weighted by Gasteiger charge is 2.29. The molecule has 21 heavy (non-hydrogen) atoms. The molecule has 0 amide bonds. The Kier molecular flexibility index (Phi) is 4.33. The van der Waals surface area contributed by atoms with Crippen molar-refractivity contribution < 1.29 is 13.2 Å². The molecule has 2 aromatic rings. The maximum Gasteiger partial charge on any atom is 0.416 e. The average Bonchev–Trinajstić information content (AvgIpc) is 2.84. The molecular formula is C16H18F3NS. The molecule has 114 valence electrons. The molecule has 0 spiro atoms. The number of hydrogen-bond acceptors (Lipinski definition) is 2. The Hall–Kier alpha value is -1.49. The summed E-state index contributed by atoms with van der Waals surface area (Å²) in [6.45, 7) is 7.09. The maximum absolute atomic E-state index is 12.5. The van der Waals surface area contributed by atoms with Crippen molar-refractivity contribution in [2.45, 2.75) is 38.9 Å². The van der Waals surface area contributed by atoms with Crippen molar-refractivity contribution in [1.82, 2.24) is 0 Å². The van der Waals surface area contributed by atoms with Crippen LogP contribution in [0.25, 0.3) is 0 Å². The zero-order valence-electron chi connectivity index (χ0n) is 12.2. The van der Waals surface area contributed by atoms with Crippen molar-refractivity contribution in [3.63, 3.8) is 0 Å². The van der Waals surface area contributed by atoms with Crippen LogP contribution in [0.3, 0.4) is 0 Å². The molecule has 0 atom stereocenters. The minimum absolute atomic E-state index is 0.122. The first-order chi connectivity index (χ1) is 9.66. The number of anilines is 1. The predicted octanol–water partition coefficient (Wildman–Crippen LogP) is 5.68. The molecule has 1 nitrogen and oxygen atoms in total. The van der Waals surface area contributed by atoms with Gasteiger partial charge < -0.3 is 5.32 Å². The van der Waals surface area contributed by atoms with E-state index in [0.717, 1.165) is 12.1 Å². The van der Waals surface area contributed by atoms with Crippen LogP contribution in [0.1, 0.15) is 36.1 Å². The van der Waals surface area contributed by atoms with Crippen molar-refractivity contribution in [3.8, 4) is 0 Å². The zero-order valence-corrected chi connectivity index (χ0v) is 13.0. The van der Waals surface area contributed by atoms with Crippen molar-refractivity contribution in [2.75, 3.05) is 5.32 Å². The highest BCUT2D eigenvalue weighted by molar-refractivity contribution is 7.12. The van der Waals surface area contributed by atoms with E-state index in [1.165, 1.54) is 21.9 Å². The largest absolute Gasteiger partial charge is 0.416 e. The van der Waals surface area contributed by atoms with Crippen LogP contribution in [0.5, 0.6) is 0 Å². The lowest BCUT2D eigenvalue weighted by molar-refractivity contribution is -0.137. The van der Waals surface area contributed by atoms with Gasteiger partial charge in [-0.05, 0) is 41.8 Å². The molecule has 0 aliphatic heterocycles. The minimum atomic E-state index is -4.28. The van der Waals surface area contributed by atoms with E-state index < -0.39 is 11.7 Å². The number of hydrogen-bond donors (Lipinski definition) is 1. The average molecular weight is 313 g/mol. The van der Waals surface area contributed by atoms with Crippen LogP contribution >= 0.6 is 11.3 Å². The maximum atomic E-state index is 12.5. The Morgan fingerprint density at radius 1 is 0.952 bits per heavy atom. The third kappa shape index (κ3) is 4.24. The van der Waals surface area contributed by atoms with Crippen LogP contribution in [-0.4, -0.2) is 0 Å². The van der Waals surface area contributed by atoms with E-state index in [4.69, 9.17) is 0 Å². The van der Waals surface area contributed by atoms with Gasteiger partial charge in [-0.2, -0.15) is 13.2 Å². The second kappa shape index (κ2) is 5.72. The second-order valence-electron chi connectivity index (χ2n) is 5.94. The fourth-order valence-corrected chi connectivity index (χ4v) is 2.85. The fourth-order valence-electron chi connectivity index (χ4n) is 1.84. The Morgan fingerprint density at radius 3 is 2.05 bits per heavy atom. The van der Waals surface area contributed by atoms with Gasteiger partial charge >= 0.3 is 6.18 Å². The lowest BCUT2D eigenvalue weighted by Crippen LogP contribution is -2.07. The summed E-state index contributed by atoms with van der Waals surface area (Å²) < 4.78 is 37.4. The van der Waals surface area contributed by atoms with Gasteiger partial charge in [-0.25, -0.2) is 0 Å². The number of alkyl halides is 3. The topological polar surface area (TPSA) is 12.0 Å². The summed E-state index contributed by atoms with van der Waals surface area (Å²) in [6, 6.07) is 9.27. The van der Waals surface area contributed by atoms with Crippen LogP contribution in [0.15, 0.2) is 36.4 Å². The monoisotopic (exact) mass is 313 g/mol. The van der Waals surface area contributed by atoms with E-state index in [1.807, 2.05) is 0 Å². The number of benzene rings is 1. The minimum Gasteiger partial charge on any atom is -0.380 e. The van der Waals surface area contributed by atoms with E-state index in [1.54, 1.807) is 11.3 Å². The molecule has 1 heterocycles. The molecule has 5 heteroatoms. The standard InChI is InChI=1S/C16H18F3NS/c1-15(2,3)14-9-8-13(21-14)10-20-12-6-4-11(5-7-12)16(17,18)19/h4-9,20H,10H2,1-3H3. The summed E-state index contributed by atoms with van der Waals surface area (Å²) in [5.74, 6) is 0. The molecule has 0 aliphatic rings. The SMILES string of the molecule is CC(C)(C)c1ccc(CNc2ccc(C(F)(F)F)cc2)s1. The van der Waals surface area contributed by atoms with Crippen molar-refractivity contribution in [3.05, 3.63) is 51.7 Å². The number of thiophene rings is 1. The smallest absolute Gasteiger partial charge is 0.380 e. The normalized spacial score (nSPS) is 12.5. The van der Waals surface area contributed by atoms with Crippen LogP contribution in [0.4, 0.5) is 18.9 Å². The van der Waals surface area contributed by atoms with E-state index in [-0.39, 0.29) is 5.41 Å². The van der Waals surface area contributed by atoms with Gasteiger partial charge in [0.2, 0.25) is 0 Å². The van der Waals surface area contributed by atoms with Gasteiger partial charge in [0.15, 0.2) is 0 Å². The van der Waals surface area contributed by atoms with E-state index in [9.17, 15) is 13.2 Å². The van der Waals surface area contributed by atoms with Gasteiger partial charge in [0.05, 0.1) is 5.56 Å². The molecular weight excluding hydrogens is 295 g/mol. The van der Waals surface area contributed by atoms with Crippen LogP contribution < -0.4 is 5.32 Å². The molecule has 2 rings (SSSR count). The lowest BCUT2D eigenvalue weighted by atomic mass is 9.95. The lowest BCUT2D eigenvalue weighted by Gasteiger charge is -2.15. The van der Waals surface area contributed by atoms with E-state index in [0.29, 0.717) is 12.2 Å². The molecule has 1 aromatic carbocycles. The van der Waals surface area contributed by atoms with E-state index >= 15 is 0 Å². The van der Waals surface area contributed by atoms with Gasteiger partial charge in [0, 0.05) is 22.0 Å². The molecule has 0 bridgehead atoms. The van der Waals surface area contributed by atoms with Gasteiger partial charge in [0.1, 0.15) is 0 Å². The summed E-state index contributed by atoms with van der Waals surface area (Å²) in [6.07, 6.45) is -4.28. The van der Waals surface area contributed by atoms with Gasteiger partial charge in [-0.3, -0.25) is 0 Å². The number of nitrogens with one attached hydrogen (secondary N) is 1. The predicted molar refractivity (Wildman–Crippen MR) is 81.8 cm³/mol. The Morgan fingerprint density at radius 2 is 1.57 bits per heavy atom. The molecule has 0 unspecified atom stereocenters. The molecule has 1 N–H and O–H groups in total. The third-order valence-electron chi connectivity index (χ3n) is 3.08. The summed E-state index contributed by atoms with van der Waals surface area (Å²) in [5, 5.41) is 3.15. The number of halogens is 3. The van der Waals surface area contributed by atoms with Crippen molar-refractivity contribution in [2.24, 2.45) is 0 Å². The van der Waals surface area contributed by atoms with Gasteiger partial charge in [0.25, 0.3) is 0 Å². The molecule has 0 saturated heterocycles. The highest BCUT2D eigenvalue weighted by atomic mass is 32.1. The summed E-state index contributed by atoms with van der Waals surface area (Å²) >= 11 is 1.72. The van der Waals surface area contributed by atoms with Crippen molar-refractivity contribution in [1.29, 1.82) is 0 Å². The first-order valence-electron chi connectivity index (χ1n) is 6.66. The molecule has 0 saturated carbocycles. The fraction of sp³-hybridized carbons (Fsp3) is 0.375. The molecule has 0 radical (unpaired) electrons. The first kappa shape index (κ1) is 15.9. The van der Waals surface area contributed by atoms with Gasteiger partial charge in [-0.1, -0.05) is 20.8 Å².